The van der Waals surface area contributed by atoms with E-state index in [9.17, 15) is 0 Å². The molecule has 3 heterocycles. The fourth-order valence-corrected chi connectivity index (χ4v) is 3.45. The SMILES string of the molecule is c1ccc(Cc2noc(CSc3nnnn3CC3CCCO3)n2)cc1. The van der Waals surface area contributed by atoms with Crippen LogP contribution in [0, 0.1) is 0 Å². The number of nitrogens with zero attached hydrogens (tertiary/aromatic N) is 6. The van der Waals surface area contributed by atoms with Crippen LogP contribution in [0.25, 0.3) is 0 Å². The lowest BCUT2D eigenvalue weighted by Crippen LogP contribution is -2.16. The van der Waals surface area contributed by atoms with Crippen molar-refractivity contribution in [1.29, 1.82) is 0 Å². The summed E-state index contributed by atoms with van der Waals surface area (Å²) in [4.78, 5) is 4.44. The van der Waals surface area contributed by atoms with E-state index in [0.29, 0.717) is 30.4 Å². The summed E-state index contributed by atoms with van der Waals surface area (Å²) >= 11 is 1.48. The highest BCUT2D eigenvalue weighted by Gasteiger charge is 2.19. The lowest BCUT2D eigenvalue weighted by molar-refractivity contribution is 0.0912. The Hall–Kier alpha value is -2.26. The van der Waals surface area contributed by atoms with Gasteiger partial charge in [-0.15, -0.1) is 5.10 Å². The van der Waals surface area contributed by atoms with E-state index < -0.39 is 0 Å². The lowest BCUT2D eigenvalue weighted by atomic mass is 10.1. The highest BCUT2D eigenvalue weighted by Crippen LogP contribution is 2.21. The van der Waals surface area contributed by atoms with E-state index in [2.05, 4.69) is 25.7 Å². The van der Waals surface area contributed by atoms with Crippen LogP contribution < -0.4 is 0 Å². The highest BCUT2D eigenvalue weighted by molar-refractivity contribution is 7.98. The first kappa shape index (κ1) is 16.2. The molecule has 0 N–H and O–H groups in total. The van der Waals surface area contributed by atoms with Gasteiger partial charge in [-0.25, -0.2) is 4.68 Å². The van der Waals surface area contributed by atoms with Crippen molar-refractivity contribution in [2.45, 2.75) is 42.8 Å². The molecule has 3 aromatic rings. The Morgan fingerprint density at radius 1 is 1.24 bits per heavy atom. The zero-order valence-corrected chi connectivity index (χ0v) is 14.4. The Bertz CT molecular complexity index is 800. The van der Waals surface area contributed by atoms with Gasteiger partial charge < -0.3 is 9.26 Å². The molecular formula is C16H18N6O2S. The minimum absolute atomic E-state index is 0.198. The molecule has 1 unspecified atom stereocenters. The van der Waals surface area contributed by atoms with Crippen LogP contribution >= 0.6 is 11.8 Å². The Morgan fingerprint density at radius 2 is 2.16 bits per heavy atom. The molecule has 2 aromatic heterocycles. The van der Waals surface area contributed by atoms with Crippen molar-refractivity contribution in [3.05, 3.63) is 47.6 Å². The van der Waals surface area contributed by atoms with Gasteiger partial charge in [0.2, 0.25) is 11.0 Å². The van der Waals surface area contributed by atoms with Gasteiger partial charge in [0.1, 0.15) is 0 Å². The number of aromatic nitrogens is 6. The first-order valence-electron chi connectivity index (χ1n) is 8.23. The molecule has 1 atom stereocenters. The minimum atomic E-state index is 0.198. The van der Waals surface area contributed by atoms with E-state index in [4.69, 9.17) is 9.26 Å². The molecule has 0 radical (unpaired) electrons. The Kier molecular flexibility index (Phi) is 5.03. The quantitative estimate of drug-likeness (QED) is 0.593. The monoisotopic (exact) mass is 358 g/mol. The maximum Gasteiger partial charge on any atom is 0.237 e. The summed E-state index contributed by atoms with van der Waals surface area (Å²) in [5.74, 6) is 1.79. The number of thioether (sulfide) groups is 1. The van der Waals surface area contributed by atoms with Crippen LogP contribution in [0.3, 0.4) is 0 Å². The fourth-order valence-electron chi connectivity index (χ4n) is 2.72. The molecule has 0 amide bonds. The van der Waals surface area contributed by atoms with E-state index in [1.807, 2.05) is 30.3 Å². The van der Waals surface area contributed by atoms with E-state index in [1.54, 1.807) is 4.68 Å². The van der Waals surface area contributed by atoms with Crippen molar-refractivity contribution < 1.29 is 9.26 Å². The van der Waals surface area contributed by atoms with E-state index in [0.717, 1.165) is 30.2 Å². The summed E-state index contributed by atoms with van der Waals surface area (Å²) in [5, 5.41) is 16.6. The summed E-state index contributed by atoms with van der Waals surface area (Å²) in [6, 6.07) is 10.1. The van der Waals surface area contributed by atoms with Crippen molar-refractivity contribution in [3.63, 3.8) is 0 Å². The van der Waals surface area contributed by atoms with E-state index in [1.165, 1.54) is 11.8 Å². The normalized spacial score (nSPS) is 17.2. The van der Waals surface area contributed by atoms with Crippen LogP contribution in [-0.2, 0) is 23.5 Å². The molecule has 25 heavy (non-hydrogen) atoms. The molecule has 1 saturated heterocycles. The van der Waals surface area contributed by atoms with Crippen LogP contribution in [-0.4, -0.2) is 43.1 Å². The van der Waals surface area contributed by atoms with Crippen LogP contribution in [0.1, 0.15) is 30.1 Å². The minimum Gasteiger partial charge on any atom is -0.376 e. The summed E-state index contributed by atoms with van der Waals surface area (Å²) < 4.78 is 12.7. The number of hydrogen-bond donors (Lipinski definition) is 0. The molecule has 4 rings (SSSR count). The zero-order chi connectivity index (χ0) is 16.9. The standard InChI is InChI=1S/C16H18N6O2S/c1-2-5-12(6-3-1)9-14-17-15(24-19-14)11-25-16-18-20-21-22(16)10-13-7-4-8-23-13/h1-3,5-6,13H,4,7-11H2. The second-order valence-corrected chi connectivity index (χ2v) is 6.78. The fraction of sp³-hybridized carbons (Fsp3) is 0.438. The van der Waals surface area contributed by atoms with Gasteiger partial charge in [0.25, 0.3) is 0 Å². The maximum atomic E-state index is 5.64. The number of hydrogen-bond acceptors (Lipinski definition) is 8. The third kappa shape index (κ3) is 4.23. The van der Waals surface area contributed by atoms with Crippen LogP contribution in [0.5, 0.6) is 0 Å². The van der Waals surface area contributed by atoms with Gasteiger partial charge in [-0.1, -0.05) is 47.3 Å². The van der Waals surface area contributed by atoms with Gasteiger partial charge in [-0.05, 0) is 28.8 Å². The second-order valence-electron chi connectivity index (χ2n) is 5.83. The Labute approximate surface area is 148 Å². The van der Waals surface area contributed by atoms with Crippen molar-refractivity contribution in [1.82, 2.24) is 30.3 Å². The summed E-state index contributed by atoms with van der Waals surface area (Å²) in [6.45, 7) is 1.50. The highest BCUT2D eigenvalue weighted by atomic mass is 32.2. The van der Waals surface area contributed by atoms with Crippen LogP contribution in [0.2, 0.25) is 0 Å². The molecule has 1 aliphatic rings. The third-order valence-electron chi connectivity index (χ3n) is 3.94. The summed E-state index contributed by atoms with van der Waals surface area (Å²) in [5.41, 5.74) is 1.16. The number of rotatable bonds is 7. The van der Waals surface area contributed by atoms with Crippen molar-refractivity contribution in [2.24, 2.45) is 0 Å². The molecule has 1 aromatic carbocycles. The molecule has 8 nitrogen and oxygen atoms in total. The average molecular weight is 358 g/mol. The first-order chi connectivity index (χ1) is 12.4. The molecule has 9 heteroatoms. The second kappa shape index (κ2) is 7.75. The van der Waals surface area contributed by atoms with Gasteiger partial charge in [-0.2, -0.15) is 4.98 Å². The molecule has 0 spiro atoms. The van der Waals surface area contributed by atoms with Crippen LogP contribution in [0.15, 0.2) is 40.0 Å². The van der Waals surface area contributed by atoms with Gasteiger partial charge in [-0.3, -0.25) is 0 Å². The smallest absolute Gasteiger partial charge is 0.237 e. The summed E-state index contributed by atoms with van der Waals surface area (Å²) in [6.07, 6.45) is 3.01. The predicted octanol–water partition coefficient (Wildman–Crippen LogP) is 2.12. The first-order valence-corrected chi connectivity index (χ1v) is 9.21. The van der Waals surface area contributed by atoms with Crippen molar-refractivity contribution in [2.75, 3.05) is 6.61 Å². The topological polar surface area (TPSA) is 91.8 Å². The van der Waals surface area contributed by atoms with Gasteiger partial charge in [0.05, 0.1) is 18.4 Å². The number of ether oxygens (including phenoxy) is 1. The molecule has 1 aliphatic heterocycles. The molecule has 0 saturated carbocycles. The molecule has 130 valence electrons. The predicted molar refractivity (Wildman–Crippen MR) is 89.9 cm³/mol. The summed E-state index contributed by atoms with van der Waals surface area (Å²) in [7, 11) is 0. The molecule has 0 aliphatic carbocycles. The lowest BCUT2D eigenvalue weighted by Gasteiger charge is -2.09. The molecule has 1 fully saturated rings. The van der Waals surface area contributed by atoms with Crippen LogP contribution in [0.4, 0.5) is 0 Å². The van der Waals surface area contributed by atoms with Crippen molar-refractivity contribution in [3.8, 4) is 0 Å². The van der Waals surface area contributed by atoms with Gasteiger partial charge >= 0.3 is 0 Å². The van der Waals surface area contributed by atoms with Crippen molar-refractivity contribution >= 4 is 11.8 Å². The zero-order valence-electron chi connectivity index (χ0n) is 13.6. The maximum absolute atomic E-state index is 5.64. The largest absolute Gasteiger partial charge is 0.376 e. The molecular weight excluding hydrogens is 340 g/mol. The van der Waals surface area contributed by atoms with E-state index in [-0.39, 0.29) is 6.10 Å². The Balaban J connectivity index is 1.34. The number of benzene rings is 1. The average Bonchev–Trinajstić information content (AvgIpc) is 3.37. The van der Waals surface area contributed by atoms with Gasteiger partial charge in [0.15, 0.2) is 5.82 Å². The molecule has 0 bridgehead atoms. The Morgan fingerprint density at radius 3 is 3.00 bits per heavy atom. The third-order valence-corrected chi connectivity index (χ3v) is 4.88. The number of tetrazole rings is 1. The van der Waals surface area contributed by atoms with Gasteiger partial charge in [0, 0.05) is 13.0 Å². The van der Waals surface area contributed by atoms with E-state index >= 15 is 0 Å².